The Hall–Kier alpha value is -0.880. The van der Waals surface area contributed by atoms with Gasteiger partial charge >= 0.3 is 0 Å². The average Bonchev–Trinajstić information content (AvgIpc) is 2.70. The second-order valence-electron chi connectivity index (χ2n) is 8.54. The lowest BCUT2D eigenvalue weighted by Gasteiger charge is -2.13. The van der Waals surface area contributed by atoms with E-state index in [4.69, 9.17) is 4.55 Å². The van der Waals surface area contributed by atoms with Gasteiger partial charge < -0.3 is 4.90 Å². The van der Waals surface area contributed by atoms with Gasteiger partial charge in [0, 0.05) is 13.6 Å². The summed E-state index contributed by atoms with van der Waals surface area (Å²) in [4.78, 5) is 13.1. The Balaban J connectivity index is 3.36. The van der Waals surface area contributed by atoms with Crippen molar-refractivity contribution >= 4 is 16.0 Å². The van der Waals surface area contributed by atoms with Crippen LogP contribution in [0.4, 0.5) is 0 Å². The Kier molecular flexibility index (Phi) is 19.5. The van der Waals surface area contributed by atoms with Gasteiger partial charge in [0.25, 0.3) is 10.1 Å². The zero-order valence-corrected chi connectivity index (χ0v) is 20.4. The van der Waals surface area contributed by atoms with Gasteiger partial charge in [-0.1, -0.05) is 109 Å². The fraction of sp³-hybridized carbons (Fsp3) is 0.875. The molecule has 1 N–H and O–H groups in total. The van der Waals surface area contributed by atoms with Crippen LogP contribution in [0.5, 0.6) is 0 Å². The van der Waals surface area contributed by atoms with Crippen molar-refractivity contribution in [2.45, 2.75) is 116 Å². The van der Waals surface area contributed by atoms with E-state index in [1.807, 2.05) is 6.08 Å². The first-order valence-corrected chi connectivity index (χ1v) is 13.8. The normalized spacial score (nSPS) is 12.0. The Morgan fingerprint density at radius 3 is 1.57 bits per heavy atom. The van der Waals surface area contributed by atoms with Crippen LogP contribution in [-0.4, -0.2) is 43.1 Å². The maximum absolute atomic E-state index is 11.8. The fourth-order valence-corrected chi connectivity index (χ4v) is 3.99. The van der Waals surface area contributed by atoms with Crippen LogP contribution in [-0.2, 0) is 14.9 Å². The number of allylic oxidation sites excluding steroid dienone is 1. The summed E-state index contributed by atoms with van der Waals surface area (Å²) in [6.07, 6.45) is 25.8. The number of carbonyl (C=O) groups is 1. The molecule has 0 rings (SSSR count). The molecule has 0 spiro atoms. The second kappa shape index (κ2) is 20.0. The molecule has 0 saturated carbocycles. The highest BCUT2D eigenvalue weighted by atomic mass is 32.2. The number of unbranched alkanes of at least 4 members (excludes halogenated alkanes) is 16. The Labute approximate surface area is 186 Å². The van der Waals surface area contributed by atoms with Gasteiger partial charge in [0.1, 0.15) is 0 Å². The van der Waals surface area contributed by atoms with E-state index in [0.29, 0.717) is 0 Å². The highest BCUT2D eigenvalue weighted by molar-refractivity contribution is 7.85. The van der Waals surface area contributed by atoms with Crippen LogP contribution in [0, 0.1) is 0 Å². The number of amides is 1. The molecule has 0 radical (unpaired) electrons. The van der Waals surface area contributed by atoms with Gasteiger partial charge in [0.05, 0.1) is 5.75 Å². The van der Waals surface area contributed by atoms with Crippen LogP contribution < -0.4 is 0 Å². The van der Waals surface area contributed by atoms with Gasteiger partial charge in [-0.05, 0) is 18.9 Å². The maximum Gasteiger partial charge on any atom is 0.266 e. The Morgan fingerprint density at radius 2 is 1.17 bits per heavy atom. The van der Waals surface area contributed by atoms with Crippen LogP contribution in [0.2, 0.25) is 0 Å². The van der Waals surface area contributed by atoms with E-state index >= 15 is 0 Å². The monoisotopic (exact) mass is 445 g/mol. The molecule has 0 aliphatic heterocycles. The molecule has 0 bridgehead atoms. The first-order valence-electron chi connectivity index (χ1n) is 12.2. The molecule has 1 amide bonds. The van der Waals surface area contributed by atoms with Crippen molar-refractivity contribution < 1.29 is 17.8 Å². The van der Waals surface area contributed by atoms with E-state index in [2.05, 4.69) is 6.92 Å². The Bertz CT molecular complexity index is 531. The Morgan fingerprint density at radius 1 is 0.767 bits per heavy atom. The van der Waals surface area contributed by atoms with Gasteiger partial charge in [0.2, 0.25) is 5.91 Å². The van der Waals surface area contributed by atoms with Crippen molar-refractivity contribution in [2.24, 2.45) is 0 Å². The summed E-state index contributed by atoms with van der Waals surface area (Å²) in [5, 5.41) is 0. The molecular formula is C24H47NO4S. The highest BCUT2D eigenvalue weighted by Gasteiger charge is 2.10. The van der Waals surface area contributed by atoms with Gasteiger partial charge in [-0.15, -0.1) is 0 Å². The molecule has 30 heavy (non-hydrogen) atoms. The molecule has 0 aromatic rings. The predicted molar refractivity (Wildman–Crippen MR) is 127 cm³/mol. The summed E-state index contributed by atoms with van der Waals surface area (Å²) >= 11 is 0. The molecule has 0 fully saturated rings. The van der Waals surface area contributed by atoms with Gasteiger partial charge in [-0.2, -0.15) is 8.42 Å². The number of hydrogen-bond donors (Lipinski definition) is 1. The quantitative estimate of drug-likeness (QED) is 0.124. The van der Waals surface area contributed by atoms with Crippen molar-refractivity contribution in [3.8, 4) is 0 Å². The fourth-order valence-electron chi connectivity index (χ4n) is 3.48. The van der Waals surface area contributed by atoms with E-state index in [1.54, 1.807) is 0 Å². The van der Waals surface area contributed by atoms with E-state index in [9.17, 15) is 13.2 Å². The molecule has 0 aliphatic rings. The highest BCUT2D eigenvalue weighted by Crippen LogP contribution is 2.14. The van der Waals surface area contributed by atoms with Crippen molar-refractivity contribution in [3.63, 3.8) is 0 Å². The average molecular weight is 446 g/mol. The number of likely N-dealkylation sites (N-methyl/N-ethyl adjacent to an activating group) is 1. The molecular weight excluding hydrogens is 398 g/mol. The molecule has 6 heteroatoms. The number of hydrogen-bond acceptors (Lipinski definition) is 3. The summed E-state index contributed by atoms with van der Waals surface area (Å²) in [6, 6.07) is 0. The molecule has 0 heterocycles. The number of nitrogens with zero attached hydrogens (tertiary/aromatic N) is 1. The topological polar surface area (TPSA) is 74.7 Å². The molecule has 178 valence electrons. The van der Waals surface area contributed by atoms with Crippen LogP contribution >= 0.6 is 0 Å². The van der Waals surface area contributed by atoms with Crippen molar-refractivity contribution in [1.82, 2.24) is 4.90 Å². The third-order valence-electron chi connectivity index (χ3n) is 5.55. The number of rotatable bonds is 21. The van der Waals surface area contributed by atoms with E-state index in [0.717, 1.165) is 12.8 Å². The SMILES string of the molecule is CCCCCCCCCCCCCCCCCC/C=C/C(=O)N(C)CCS(=O)(=O)O. The molecule has 0 aromatic carbocycles. The van der Waals surface area contributed by atoms with Gasteiger partial charge in [0.15, 0.2) is 0 Å². The van der Waals surface area contributed by atoms with E-state index in [-0.39, 0.29) is 12.5 Å². The minimum absolute atomic E-state index is 0.00105. The van der Waals surface area contributed by atoms with Crippen LogP contribution in [0.1, 0.15) is 116 Å². The smallest absolute Gasteiger partial charge is 0.266 e. The standard InChI is InChI=1S/C24H47NO4S/c1-3-4-5-6-7-8-9-10-11-12-13-14-15-16-17-18-19-20-21-24(26)25(2)22-23-30(27,28)29/h20-21H,3-19,22-23H2,1-2H3,(H,27,28,29)/b21-20+. The zero-order valence-electron chi connectivity index (χ0n) is 19.6. The van der Waals surface area contributed by atoms with Crippen LogP contribution in [0.3, 0.4) is 0 Å². The molecule has 0 saturated heterocycles. The first-order chi connectivity index (χ1) is 14.4. The third kappa shape index (κ3) is 21.8. The second-order valence-corrected chi connectivity index (χ2v) is 10.1. The molecule has 5 nitrogen and oxygen atoms in total. The van der Waals surface area contributed by atoms with Crippen LogP contribution in [0.25, 0.3) is 0 Å². The lowest BCUT2D eigenvalue weighted by molar-refractivity contribution is -0.124. The lowest BCUT2D eigenvalue weighted by atomic mass is 10.0. The molecule has 0 aliphatic carbocycles. The number of carbonyl (C=O) groups excluding carboxylic acids is 1. The van der Waals surface area contributed by atoms with E-state index in [1.165, 1.54) is 114 Å². The predicted octanol–water partition coefficient (Wildman–Crippen LogP) is 6.54. The van der Waals surface area contributed by atoms with Crippen molar-refractivity contribution in [3.05, 3.63) is 12.2 Å². The summed E-state index contributed by atoms with van der Waals surface area (Å²) in [6.45, 7) is 2.27. The summed E-state index contributed by atoms with van der Waals surface area (Å²) in [5.41, 5.74) is 0. The maximum atomic E-state index is 11.8. The van der Waals surface area contributed by atoms with E-state index < -0.39 is 15.9 Å². The minimum atomic E-state index is -4.02. The molecule has 0 aromatic heterocycles. The summed E-state index contributed by atoms with van der Waals surface area (Å²) in [7, 11) is -2.49. The van der Waals surface area contributed by atoms with Crippen LogP contribution in [0.15, 0.2) is 12.2 Å². The zero-order chi connectivity index (χ0) is 22.5. The van der Waals surface area contributed by atoms with Crippen molar-refractivity contribution in [1.29, 1.82) is 0 Å². The first kappa shape index (κ1) is 29.1. The minimum Gasteiger partial charge on any atom is -0.341 e. The largest absolute Gasteiger partial charge is 0.341 e. The van der Waals surface area contributed by atoms with Gasteiger partial charge in [-0.25, -0.2) is 0 Å². The molecule has 0 atom stereocenters. The van der Waals surface area contributed by atoms with Gasteiger partial charge in [-0.3, -0.25) is 9.35 Å². The molecule has 0 unspecified atom stereocenters. The lowest BCUT2D eigenvalue weighted by Crippen LogP contribution is -2.30. The van der Waals surface area contributed by atoms with Crippen molar-refractivity contribution in [2.75, 3.05) is 19.3 Å². The third-order valence-corrected chi connectivity index (χ3v) is 6.24. The summed E-state index contributed by atoms with van der Waals surface area (Å²) < 4.78 is 30.1. The summed E-state index contributed by atoms with van der Waals surface area (Å²) in [5.74, 6) is -0.655.